The third kappa shape index (κ3) is 2.08. The number of carbonyl (C=O) groups is 2. The van der Waals surface area contributed by atoms with Crippen LogP contribution < -0.4 is 5.48 Å². The standard InChI is InChI=1S/C18H13N3O3/c1-11(22)24-20-18-15-16(13-9-5-6-10-14(13)17(15)23)19-21(18)12-7-3-2-4-8-12/h2-10,20H,1H3. The zero-order valence-electron chi connectivity index (χ0n) is 12.8. The summed E-state index contributed by atoms with van der Waals surface area (Å²) in [6.45, 7) is 1.28. The van der Waals surface area contributed by atoms with E-state index < -0.39 is 5.97 Å². The molecule has 1 aliphatic carbocycles. The molecule has 6 heteroatoms. The largest absolute Gasteiger partial charge is 0.342 e. The summed E-state index contributed by atoms with van der Waals surface area (Å²) in [6.07, 6.45) is 0. The summed E-state index contributed by atoms with van der Waals surface area (Å²) in [7, 11) is 0. The van der Waals surface area contributed by atoms with E-state index in [4.69, 9.17) is 4.84 Å². The monoisotopic (exact) mass is 319 g/mol. The van der Waals surface area contributed by atoms with Crippen LogP contribution in [0.15, 0.2) is 54.6 Å². The fourth-order valence-corrected chi connectivity index (χ4v) is 2.81. The lowest BCUT2D eigenvalue weighted by molar-refractivity contribution is -0.138. The molecular weight excluding hydrogens is 306 g/mol. The molecule has 0 bridgehead atoms. The van der Waals surface area contributed by atoms with Crippen molar-refractivity contribution < 1.29 is 14.4 Å². The van der Waals surface area contributed by atoms with Crippen LogP contribution in [0.3, 0.4) is 0 Å². The first-order valence-electron chi connectivity index (χ1n) is 7.43. The Morgan fingerprint density at radius 3 is 2.42 bits per heavy atom. The lowest BCUT2D eigenvalue weighted by Crippen LogP contribution is -2.13. The Morgan fingerprint density at radius 2 is 1.71 bits per heavy atom. The maximum atomic E-state index is 12.8. The molecule has 1 heterocycles. The van der Waals surface area contributed by atoms with Gasteiger partial charge in [-0.1, -0.05) is 42.5 Å². The summed E-state index contributed by atoms with van der Waals surface area (Å²) in [5.74, 6) is -0.308. The number of fused-ring (bicyclic) bond motifs is 3. The Bertz CT molecular complexity index is 961. The number of nitrogens with one attached hydrogen (secondary N) is 1. The maximum absolute atomic E-state index is 12.8. The Labute approximate surface area is 137 Å². The van der Waals surface area contributed by atoms with Gasteiger partial charge in [-0.15, -0.1) is 0 Å². The SMILES string of the molecule is CC(=O)ONc1c2c(nn1-c1ccccc1)-c1ccccc1C2=O. The topological polar surface area (TPSA) is 73.2 Å². The number of hydrogen-bond donors (Lipinski definition) is 1. The molecule has 0 saturated carbocycles. The summed E-state index contributed by atoms with van der Waals surface area (Å²) in [4.78, 5) is 28.9. The lowest BCUT2D eigenvalue weighted by Gasteiger charge is -2.10. The van der Waals surface area contributed by atoms with Crippen LogP contribution in [0, 0.1) is 0 Å². The van der Waals surface area contributed by atoms with Crippen molar-refractivity contribution in [1.29, 1.82) is 0 Å². The second-order valence-electron chi connectivity index (χ2n) is 5.39. The van der Waals surface area contributed by atoms with Crippen LogP contribution in [0.2, 0.25) is 0 Å². The Balaban J connectivity index is 1.92. The minimum absolute atomic E-state index is 0.141. The first-order chi connectivity index (χ1) is 11.7. The molecule has 1 N–H and O–H groups in total. The van der Waals surface area contributed by atoms with Gasteiger partial charge in [0.15, 0.2) is 11.6 Å². The van der Waals surface area contributed by atoms with Crippen molar-refractivity contribution in [3.8, 4) is 16.9 Å². The van der Waals surface area contributed by atoms with Gasteiger partial charge in [-0.2, -0.15) is 10.6 Å². The van der Waals surface area contributed by atoms with Crippen molar-refractivity contribution in [3.63, 3.8) is 0 Å². The minimum atomic E-state index is -0.507. The first-order valence-corrected chi connectivity index (χ1v) is 7.43. The van der Waals surface area contributed by atoms with Gasteiger partial charge in [-0.3, -0.25) is 9.59 Å². The first kappa shape index (κ1) is 14.2. The third-order valence-corrected chi connectivity index (χ3v) is 3.83. The molecular formula is C18H13N3O3. The van der Waals surface area contributed by atoms with Gasteiger partial charge in [-0.05, 0) is 12.1 Å². The van der Waals surface area contributed by atoms with Crippen LogP contribution in [-0.4, -0.2) is 21.5 Å². The van der Waals surface area contributed by atoms with Crippen LogP contribution in [0.5, 0.6) is 0 Å². The maximum Gasteiger partial charge on any atom is 0.329 e. The van der Waals surface area contributed by atoms with Crippen LogP contribution in [0.1, 0.15) is 22.8 Å². The number of nitrogens with zero attached hydrogens (tertiary/aromatic N) is 2. The van der Waals surface area contributed by atoms with Gasteiger partial charge < -0.3 is 4.84 Å². The molecule has 24 heavy (non-hydrogen) atoms. The molecule has 0 radical (unpaired) electrons. The average molecular weight is 319 g/mol. The number of aromatic nitrogens is 2. The molecule has 0 unspecified atom stereocenters. The van der Waals surface area contributed by atoms with E-state index in [1.807, 2.05) is 48.5 Å². The van der Waals surface area contributed by atoms with Gasteiger partial charge in [0.1, 0.15) is 5.69 Å². The highest BCUT2D eigenvalue weighted by Crippen LogP contribution is 2.40. The number of para-hydroxylation sites is 1. The average Bonchev–Trinajstić information content (AvgIpc) is 3.11. The lowest BCUT2D eigenvalue weighted by atomic mass is 10.1. The second-order valence-corrected chi connectivity index (χ2v) is 5.39. The van der Waals surface area contributed by atoms with E-state index in [1.165, 1.54) is 6.92 Å². The smallest absolute Gasteiger partial charge is 0.329 e. The van der Waals surface area contributed by atoms with Gasteiger partial charge >= 0.3 is 5.97 Å². The molecule has 118 valence electrons. The molecule has 4 rings (SSSR count). The second kappa shape index (κ2) is 5.34. The molecule has 3 aromatic rings. The van der Waals surface area contributed by atoms with Gasteiger partial charge in [0.05, 0.1) is 11.3 Å². The number of carbonyl (C=O) groups excluding carboxylic acids is 2. The van der Waals surface area contributed by atoms with E-state index in [1.54, 1.807) is 10.7 Å². The number of anilines is 1. The highest BCUT2D eigenvalue weighted by molar-refractivity contribution is 6.23. The molecule has 0 amide bonds. The van der Waals surface area contributed by atoms with Gasteiger partial charge in [0.2, 0.25) is 0 Å². The highest BCUT2D eigenvalue weighted by Gasteiger charge is 2.34. The quantitative estimate of drug-likeness (QED) is 0.588. The summed E-state index contributed by atoms with van der Waals surface area (Å²) in [5, 5.41) is 4.57. The van der Waals surface area contributed by atoms with Gasteiger partial charge in [-0.25, -0.2) is 4.68 Å². The van der Waals surface area contributed by atoms with Crippen molar-refractivity contribution in [1.82, 2.24) is 9.78 Å². The fourth-order valence-electron chi connectivity index (χ4n) is 2.81. The van der Waals surface area contributed by atoms with E-state index in [-0.39, 0.29) is 5.78 Å². The van der Waals surface area contributed by atoms with Crippen LogP contribution in [0.4, 0.5) is 5.82 Å². The minimum Gasteiger partial charge on any atom is -0.342 e. The van der Waals surface area contributed by atoms with Crippen molar-refractivity contribution in [3.05, 3.63) is 65.7 Å². The van der Waals surface area contributed by atoms with Crippen LogP contribution in [0.25, 0.3) is 16.9 Å². The molecule has 6 nitrogen and oxygen atoms in total. The number of ketones is 1. The summed E-state index contributed by atoms with van der Waals surface area (Å²) in [5.41, 5.74) is 5.70. The Hall–Kier alpha value is -3.41. The number of rotatable bonds is 3. The molecule has 0 saturated heterocycles. The Morgan fingerprint density at radius 1 is 1.04 bits per heavy atom. The predicted molar refractivity (Wildman–Crippen MR) is 87.8 cm³/mol. The van der Waals surface area contributed by atoms with E-state index in [0.717, 1.165) is 11.3 Å². The third-order valence-electron chi connectivity index (χ3n) is 3.83. The molecule has 0 spiro atoms. The van der Waals surface area contributed by atoms with Gasteiger partial charge in [0, 0.05) is 18.1 Å². The summed E-state index contributed by atoms with van der Waals surface area (Å²) >= 11 is 0. The zero-order chi connectivity index (χ0) is 16.7. The van der Waals surface area contributed by atoms with Gasteiger partial charge in [0.25, 0.3) is 0 Å². The summed E-state index contributed by atoms with van der Waals surface area (Å²) in [6, 6.07) is 16.6. The zero-order valence-corrected chi connectivity index (χ0v) is 12.8. The van der Waals surface area contributed by atoms with Crippen molar-refractivity contribution >= 4 is 17.6 Å². The van der Waals surface area contributed by atoms with E-state index >= 15 is 0 Å². The van der Waals surface area contributed by atoms with E-state index in [2.05, 4.69) is 10.6 Å². The predicted octanol–water partition coefficient (Wildman–Crippen LogP) is 2.97. The molecule has 0 aliphatic heterocycles. The Kier molecular flexibility index (Phi) is 3.16. The van der Waals surface area contributed by atoms with Crippen molar-refractivity contribution in [2.24, 2.45) is 0 Å². The number of benzene rings is 2. The van der Waals surface area contributed by atoms with E-state index in [9.17, 15) is 9.59 Å². The molecule has 2 aromatic carbocycles. The molecule has 0 fully saturated rings. The van der Waals surface area contributed by atoms with Crippen LogP contribution >= 0.6 is 0 Å². The summed E-state index contributed by atoms with van der Waals surface area (Å²) < 4.78 is 1.57. The normalized spacial score (nSPS) is 11.8. The van der Waals surface area contributed by atoms with Crippen molar-refractivity contribution in [2.45, 2.75) is 6.92 Å². The fraction of sp³-hybridized carbons (Fsp3) is 0.0556. The molecule has 0 atom stereocenters. The molecule has 1 aliphatic rings. The number of hydrogen-bond acceptors (Lipinski definition) is 5. The van der Waals surface area contributed by atoms with Crippen molar-refractivity contribution in [2.75, 3.05) is 5.48 Å². The van der Waals surface area contributed by atoms with Crippen LogP contribution in [-0.2, 0) is 9.63 Å². The molecule has 1 aromatic heterocycles. The highest BCUT2D eigenvalue weighted by atomic mass is 16.7. The van der Waals surface area contributed by atoms with E-state index in [0.29, 0.717) is 22.6 Å².